The van der Waals surface area contributed by atoms with Crippen molar-refractivity contribution in [3.8, 4) is 11.5 Å². The first-order valence-corrected chi connectivity index (χ1v) is 9.29. The van der Waals surface area contributed by atoms with Gasteiger partial charge in [-0.05, 0) is 12.1 Å². The largest absolute Gasteiger partial charge is 0.486 e. The highest BCUT2D eigenvalue weighted by Crippen LogP contribution is 2.48. The molecule has 0 spiro atoms. The smallest absolute Gasteiger partial charge is 0.260 e. The highest BCUT2D eigenvalue weighted by Gasteiger charge is 2.61. The number of carbonyl (C=O) groups excluding carboxylic acids is 1. The topological polar surface area (TPSA) is 84.9 Å². The molecule has 2 heterocycles. The molecule has 1 aliphatic carbocycles. The van der Waals surface area contributed by atoms with Crippen molar-refractivity contribution in [3.63, 3.8) is 0 Å². The molecule has 1 aromatic carbocycles. The second-order valence-corrected chi connectivity index (χ2v) is 8.29. The molecule has 0 aromatic heterocycles. The van der Waals surface area contributed by atoms with Crippen molar-refractivity contribution in [3.05, 3.63) is 18.2 Å². The summed E-state index contributed by atoms with van der Waals surface area (Å²) in [6.07, 6.45) is -0.440. The van der Waals surface area contributed by atoms with Crippen LogP contribution in [-0.2, 0) is 14.8 Å². The van der Waals surface area contributed by atoms with Crippen LogP contribution < -0.4 is 14.8 Å². The molecule has 1 unspecified atom stereocenters. The summed E-state index contributed by atoms with van der Waals surface area (Å²) in [5.74, 6) is -4.06. The summed E-state index contributed by atoms with van der Waals surface area (Å²) in [4.78, 5) is 11.7. The third kappa shape index (κ3) is 2.93. The van der Waals surface area contributed by atoms with E-state index < -0.39 is 40.2 Å². The normalized spacial score (nSPS) is 25.1. The molecule has 3 aliphatic rings. The SMILES string of the molecule is O=C(NC1CN(S(=O)(=O)c2ccc3c(c2)OCCO3)C1)C1CC1(F)F. The number of nitrogens with zero attached hydrogens (tertiary/aromatic N) is 1. The van der Waals surface area contributed by atoms with E-state index in [1.54, 1.807) is 0 Å². The van der Waals surface area contributed by atoms with E-state index in [-0.39, 0.29) is 18.0 Å². The summed E-state index contributed by atoms with van der Waals surface area (Å²) in [6.45, 7) is 0.869. The fourth-order valence-corrected chi connectivity index (χ4v) is 4.40. The van der Waals surface area contributed by atoms with Crippen LogP contribution in [-0.4, -0.2) is 56.9 Å². The first-order chi connectivity index (χ1) is 11.8. The summed E-state index contributed by atoms with van der Waals surface area (Å²) in [7, 11) is -3.73. The lowest BCUT2D eigenvalue weighted by Gasteiger charge is -2.38. The Labute approximate surface area is 142 Å². The zero-order valence-corrected chi connectivity index (χ0v) is 13.9. The van der Waals surface area contributed by atoms with Gasteiger partial charge in [-0.3, -0.25) is 4.79 Å². The Balaban J connectivity index is 1.39. The van der Waals surface area contributed by atoms with E-state index >= 15 is 0 Å². The molecule has 2 fully saturated rings. The number of nitrogens with one attached hydrogen (secondary N) is 1. The van der Waals surface area contributed by atoms with Crippen LogP contribution in [0.1, 0.15) is 6.42 Å². The van der Waals surface area contributed by atoms with Gasteiger partial charge >= 0.3 is 0 Å². The van der Waals surface area contributed by atoms with Gasteiger partial charge in [-0.15, -0.1) is 0 Å². The number of sulfonamides is 1. The number of hydrogen-bond acceptors (Lipinski definition) is 5. The van der Waals surface area contributed by atoms with E-state index in [1.165, 1.54) is 22.5 Å². The third-order valence-electron chi connectivity index (χ3n) is 4.49. The lowest BCUT2D eigenvalue weighted by Crippen LogP contribution is -2.61. The minimum absolute atomic E-state index is 0.0564. The third-order valence-corrected chi connectivity index (χ3v) is 6.32. The summed E-state index contributed by atoms with van der Waals surface area (Å²) in [5, 5.41) is 2.47. The Morgan fingerprint density at radius 1 is 1.20 bits per heavy atom. The maximum absolute atomic E-state index is 12.9. The van der Waals surface area contributed by atoms with E-state index in [0.717, 1.165) is 0 Å². The van der Waals surface area contributed by atoms with Gasteiger partial charge in [0.25, 0.3) is 5.92 Å². The molecule has 1 saturated heterocycles. The highest BCUT2D eigenvalue weighted by molar-refractivity contribution is 7.89. The van der Waals surface area contributed by atoms with E-state index in [4.69, 9.17) is 9.47 Å². The monoisotopic (exact) mass is 374 g/mol. The van der Waals surface area contributed by atoms with Gasteiger partial charge in [0, 0.05) is 25.6 Å². The Kier molecular flexibility index (Phi) is 3.66. The van der Waals surface area contributed by atoms with E-state index in [1.807, 2.05) is 0 Å². The zero-order valence-electron chi connectivity index (χ0n) is 13.1. The highest BCUT2D eigenvalue weighted by atomic mass is 32.2. The molecule has 136 valence electrons. The summed E-state index contributed by atoms with van der Waals surface area (Å²) >= 11 is 0. The van der Waals surface area contributed by atoms with Crippen molar-refractivity contribution in [2.75, 3.05) is 26.3 Å². The number of carbonyl (C=O) groups is 1. The summed E-state index contributed by atoms with van der Waals surface area (Å²) in [5.41, 5.74) is 0. The number of halogens is 2. The van der Waals surface area contributed by atoms with Crippen LogP contribution in [0.5, 0.6) is 11.5 Å². The Morgan fingerprint density at radius 2 is 1.84 bits per heavy atom. The van der Waals surface area contributed by atoms with Crippen molar-refractivity contribution < 1.29 is 31.5 Å². The van der Waals surface area contributed by atoms with Gasteiger partial charge in [-0.2, -0.15) is 4.31 Å². The van der Waals surface area contributed by atoms with Crippen molar-refractivity contribution in [2.45, 2.75) is 23.3 Å². The van der Waals surface area contributed by atoms with Gasteiger partial charge in [0.1, 0.15) is 19.1 Å². The van der Waals surface area contributed by atoms with Crippen molar-refractivity contribution in [1.82, 2.24) is 9.62 Å². The van der Waals surface area contributed by atoms with E-state index in [0.29, 0.717) is 24.7 Å². The van der Waals surface area contributed by atoms with Crippen molar-refractivity contribution in [2.24, 2.45) is 5.92 Å². The Morgan fingerprint density at radius 3 is 2.48 bits per heavy atom. The van der Waals surface area contributed by atoms with Crippen molar-refractivity contribution in [1.29, 1.82) is 0 Å². The molecule has 1 atom stereocenters. The second kappa shape index (κ2) is 5.53. The average Bonchev–Trinajstić information content (AvgIpc) is 3.18. The van der Waals surface area contributed by atoms with Crippen LogP contribution in [0.25, 0.3) is 0 Å². The summed E-state index contributed by atoms with van der Waals surface area (Å²) < 4.78 is 62.8. The van der Waals surface area contributed by atoms with E-state index in [2.05, 4.69) is 5.32 Å². The lowest BCUT2D eigenvalue weighted by atomic mass is 10.2. The van der Waals surface area contributed by atoms with Crippen LogP contribution in [0.15, 0.2) is 23.1 Å². The number of amides is 1. The number of benzene rings is 1. The Hall–Kier alpha value is -1.94. The number of rotatable bonds is 4. The van der Waals surface area contributed by atoms with Gasteiger partial charge in [-0.1, -0.05) is 0 Å². The fourth-order valence-electron chi connectivity index (χ4n) is 2.86. The first kappa shape index (κ1) is 16.5. The van der Waals surface area contributed by atoms with Crippen LogP contribution >= 0.6 is 0 Å². The predicted octanol–water partition coefficient (Wildman–Crippen LogP) is 0.602. The molecule has 25 heavy (non-hydrogen) atoms. The molecule has 1 aromatic rings. The maximum Gasteiger partial charge on any atom is 0.260 e. The van der Waals surface area contributed by atoms with Crippen LogP contribution in [0, 0.1) is 5.92 Å². The van der Waals surface area contributed by atoms with Gasteiger partial charge in [-0.25, -0.2) is 17.2 Å². The molecular weight excluding hydrogens is 358 g/mol. The predicted molar refractivity (Wildman–Crippen MR) is 81.2 cm³/mol. The molecule has 1 N–H and O–H groups in total. The molecular formula is C15H16F2N2O5S. The second-order valence-electron chi connectivity index (χ2n) is 6.35. The Bertz CT molecular complexity index is 823. The molecule has 10 heteroatoms. The maximum atomic E-state index is 12.9. The first-order valence-electron chi connectivity index (χ1n) is 7.85. The van der Waals surface area contributed by atoms with Gasteiger partial charge < -0.3 is 14.8 Å². The summed E-state index contributed by atoms with van der Waals surface area (Å²) in [6, 6.07) is 3.92. The number of alkyl halides is 2. The number of ether oxygens (including phenoxy) is 2. The van der Waals surface area contributed by atoms with Crippen molar-refractivity contribution >= 4 is 15.9 Å². The van der Waals surface area contributed by atoms with Crippen LogP contribution in [0.2, 0.25) is 0 Å². The number of hydrogen-bond donors (Lipinski definition) is 1. The standard InChI is InChI=1S/C15H16F2N2O5S/c16-15(17)6-11(15)14(20)18-9-7-19(8-9)25(21,22)10-1-2-12-13(5-10)24-4-3-23-12/h1-2,5,9,11H,3-4,6-8H2,(H,18,20). The zero-order chi connectivity index (χ0) is 17.8. The quantitative estimate of drug-likeness (QED) is 0.834. The molecule has 4 rings (SSSR count). The molecule has 2 aliphatic heterocycles. The molecule has 1 saturated carbocycles. The van der Waals surface area contributed by atoms with Crippen LogP contribution in [0.3, 0.4) is 0 Å². The van der Waals surface area contributed by atoms with Gasteiger partial charge in [0.05, 0.1) is 10.9 Å². The van der Waals surface area contributed by atoms with Gasteiger partial charge in [0.15, 0.2) is 11.5 Å². The minimum Gasteiger partial charge on any atom is -0.486 e. The van der Waals surface area contributed by atoms with Crippen LogP contribution in [0.4, 0.5) is 8.78 Å². The number of fused-ring (bicyclic) bond motifs is 1. The van der Waals surface area contributed by atoms with Gasteiger partial charge in [0.2, 0.25) is 15.9 Å². The minimum atomic E-state index is -3.73. The average molecular weight is 374 g/mol. The fraction of sp³-hybridized carbons (Fsp3) is 0.533. The lowest BCUT2D eigenvalue weighted by molar-refractivity contribution is -0.125. The molecule has 0 radical (unpaired) electrons. The molecule has 1 amide bonds. The molecule has 7 nitrogen and oxygen atoms in total. The molecule has 0 bridgehead atoms. The van der Waals surface area contributed by atoms with E-state index in [9.17, 15) is 22.0 Å².